The van der Waals surface area contributed by atoms with Crippen LogP contribution in [-0.4, -0.2) is 10.2 Å². The molecule has 1 heterocycles. The number of hydrogen-bond donors (Lipinski definition) is 1. The molecule has 0 radical (unpaired) electrons. The number of aryl methyl sites for hydroxylation is 2. The Morgan fingerprint density at radius 3 is 2.69 bits per heavy atom. The summed E-state index contributed by atoms with van der Waals surface area (Å²) < 4.78 is 0. The van der Waals surface area contributed by atoms with Crippen molar-refractivity contribution in [3.63, 3.8) is 0 Å². The second-order valence-electron chi connectivity index (χ2n) is 4.94. The van der Waals surface area contributed by atoms with E-state index in [0.717, 1.165) is 6.42 Å². The van der Waals surface area contributed by atoms with E-state index in [0.29, 0.717) is 5.41 Å². The number of H-pyrrole nitrogens is 1. The van der Waals surface area contributed by atoms with Gasteiger partial charge in [-0.25, -0.2) is 0 Å². The topological polar surface area (TPSA) is 28.7 Å². The summed E-state index contributed by atoms with van der Waals surface area (Å²) in [6.07, 6.45) is 4.90. The van der Waals surface area contributed by atoms with Crippen LogP contribution < -0.4 is 0 Å². The molecule has 0 aromatic carbocycles. The molecule has 1 aliphatic carbocycles. The van der Waals surface area contributed by atoms with E-state index in [1.54, 1.807) is 0 Å². The quantitative estimate of drug-likeness (QED) is 0.608. The molecule has 2 rings (SSSR count). The summed E-state index contributed by atoms with van der Waals surface area (Å²) >= 11 is 0. The molecule has 1 aliphatic rings. The Morgan fingerprint density at radius 1 is 1.23 bits per heavy atom. The van der Waals surface area contributed by atoms with E-state index >= 15 is 0 Å². The molecule has 0 fully saturated rings. The van der Waals surface area contributed by atoms with Crippen LogP contribution in [-0.2, 0) is 12.8 Å². The first-order chi connectivity index (χ1) is 6.08. The van der Waals surface area contributed by atoms with Crippen molar-refractivity contribution in [1.82, 2.24) is 10.2 Å². The van der Waals surface area contributed by atoms with Gasteiger partial charge >= 0.3 is 0 Å². The third-order valence-electron chi connectivity index (χ3n) is 3.25. The zero-order chi connectivity index (χ0) is 9.47. The Balaban J connectivity index is 2.28. The van der Waals surface area contributed by atoms with Crippen molar-refractivity contribution in [2.45, 2.75) is 46.5 Å². The number of nitrogens with one attached hydrogen (secondary N) is 1. The molecule has 0 unspecified atom stereocenters. The minimum atomic E-state index is 0.500. The first-order valence-electron chi connectivity index (χ1n) is 5.11. The van der Waals surface area contributed by atoms with Crippen LogP contribution in [0.5, 0.6) is 0 Å². The Kier molecular flexibility index (Phi) is 1.94. The molecular weight excluding hydrogens is 160 g/mol. The Morgan fingerprint density at radius 2 is 1.92 bits per heavy atom. The number of fused-ring (bicyclic) bond motifs is 1. The maximum Gasteiger partial charge on any atom is 0.0657 e. The first kappa shape index (κ1) is 8.79. The summed E-state index contributed by atoms with van der Waals surface area (Å²) in [7, 11) is 0. The summed E-state index contributed by atoms with van der Waals surface area (Å²) in [5.41, 5.74) is 4.56. The van der Waals surface area contributed by atoms with Crippen LogP contribution in [0.15, 0.2) is 0 Å². The average Bonchev–Trinajstić information content (AvgIpc) is 2.32. The average molecular weight is 178 g/mol. The van der Waals surface area contributed by atoms with E-state index in [-0.39, 0.29) is 0 Å². The highest BCUT2D eigenvalue weighted by molar-refractivity contribution is 5.26. The van der Waals surface area contributed by atoms with Crippen LogP contribution in [0.3, 0.4) is 0 Å². The zero-order valence-electron chi connectivity index (χ0n) is 8.78. The fourth-order valence-corrected chi connectivity index (χ4v) is 2.09. The van der Waals surface area contributed by atoms with E-state index in [4.69, 9.17) is 0 Å². The lowest BCUT2D eigenvalue weighted by atomic mass is 9.85. The molecule has 2 nitrogen and oxygen atoms in total. The van der Waals surface area contributed by atoms with Gasteiger partial charge in [-0.1, -0.05) is 13.8 Å². The second-order valence-corrected chi connectivity index (χ2v) is 4.94. The van der Waals surface area contributed by atoms with Gasteiger partial charge in [0.05, 0.1) is 5.69 Å². The third kappa shape index (κ3) is 1.62. The van der Waals surface area contributed by atoms with Gasteiger partial charge in [0.2, 0.25) is 0 Å². The highest BCUT2D eigenvalue weighted by Gasteiger charge is 2.24. The molecule has 0 amide bonds. The smallest absolute Gasteiger partial charge is 0.0657 e. The standard InChI is InChI=1S/C11H18N2/c1-8-9-4-6-11(2,3)7-5-10(9)13-12-8/h4-7H2,1-3H3,(H,12,13). The van der Waals surface area contributed by atoms with Crippen LogP contribution in [0, 0.1) is 12.3 Å². The van der Waals surface area contributed by atoms with Gasteiger partial charge in [0.15, 0.2) is 0 Å². The van der Waals surface area contributed by atoms with Crippen molar-refractivity contribution >= 4 is 0 Å². The third-order valence-corrected chi connectivity index (χ3v) is 3.25. The van der Waals surface area contributed by atoms with Gasteiger partial charge in [-0.3, -0.25) is 5.10 Å². The maximum atomic E-state index is 4.36. The number of rotatable bonds is 0. The lowest BCUT2D eigenvalue weighted by Gasteiger charge is -2.21. The van der Waals surface area contributed by atoms with E-state index in [9.17, 15) is 0 Å². The number of nitrogens with zero attached hydrogens (tertiary/aromatic N) is 1. The van der Waals surface area contributed by atoms with Crippen LogP contribution in [0.25, 0.3) is 0 Å². The molecule has 0 atom stereocenters. The Bertz CT molecular complexity index is 310. The summed E-state index contributed by atoms with van der Waals surface area (Å²) in [5.74, 6) is 0. The first-order valence-corrected chi connectivity index (χ1v) is 5.11. The molecular formula is C11H18N2. The van der Waals surface area contributed by atoms with Crippen LogP contribution in [0.2, 0.25) is 0 Å². The Labute approximate surface area is 79.7 Å². The largest absolute Gasteiger partial charge is 0.282 e. The molecule has 0 aliphatic heterocycles. The molecule has 72 valence electrons. The van der Waals surface area contributed by atoms with Gasteiger partial charge in [0.25, 0.3) is 0 Å². The molecule has 0 saturated carbocycles. The lowest BCUT2D eigenvalue weighted by molar-refractivity contribution is 0.316. The van der Waals surface area contributed by atoms with Crippen molar-refractivity contribution < 1.29 is 0 Å². The number of hydrogen-bond acceptors (Lipinski definition) is 1. The van der Waals surface area contributed by atoms with Crippen LogP contribution in [0.1, 0.15) is 43.6 Å². The summed E-state index contributed by atoms with van der Waals surface area (Å²) in [6, 6.07) is 0. The van der Waals surface area contributed by atoms with Gasteiger partial charge in [-0.2, -0.15) is 5.10 Å². The molecule has 0 saturated heterocycles. The SMILES string of the molecule is Cc1[nH]nc2c1CCC(C)(C)CC2. The molecule has 1 aromatic rings. The molecule has 1 aromatic heterocycles. The molecule has 1 N–H and O–H groups in total. The van der Waals surface area contributed by atoms with Gasteiger partial charge in [-0.05, 0) is 43.6 Å². The summed E-state index contributed by atoms with van der Waals surface area (Å²) in [4.78, 5) is 0. The van der Waals surface area contributed by atoms with Gasteiger partial charge in [-0.15, -0.1) is 0 Å². The lowest BCUT2D eigenvalue weighted by Crippen LogP contribution is -2.11. The van der Waals surface area contributed by atoms with Gasteiger partial charge in [0.1, 0.15) is 0 Å². The van der Waals surface area contributed by atoms with Crippen molar-refractivity contribution in [3.05, 3.63) is 17.0 Å². The van der Waals surface area contributed by atoms with Crippen LogP contribution in [0.4, 0.5) is 0 Å². The normalized spacial score (nSPS) is 20.8. The summed E-state index contributed by atoms with van der Waals surface area (Å²) in [6.45, 7) is 6.85. The predicted molar refractivity (Wildman–Crippen MR) is 53.7 cm³/mol. The van der Waals surface area contributed by atoms with E-state index in [1.165, 1.54) is 36.2 Å². The van der Waals surface area contributed by atoms with Crippen molar-refractivity contribution in [1.29, 1.82) is 0 Å². The summed E-state index contributed by atoms with van der Waals surface area (Å²) in [5, 5.41) is 7.44. The maximum absolute atomic E-state index is 4.36. The zero-order valence-corrected chi connectivity index (χ0v) is 8.78. The highest BCUT2D eigenvalue weighted by atomic mass is 15.1. The van der Waals surface area contributed by atoms with Crippen molar-refractivity contribution in [2.75, 3.05) is 0 Å². The van der Waals surface area contributed by atoms with Crippen molar-refractivity contribution in [3.8, 4) is 0 Å². The van der Waals surface area contributed by atoms with E-state index < -0.39 is 0 Å². The molecule has 0 bridgehead atoms. The monoisotopic (exact) mass is 178 g/mol. The predicted octanol–water partition coefficient (Wildman–Crippen LogP) is 2.62. The van der Waals surface area contributed by atoms with E-state index in [1.807, 2.05) is 0 Å². The number of aromatic amines is 1. The van der Waals surface area contributed by atoms with E-state index in [2.05, 4.69) is 31.0 Å². The molecule has 2 heteroatoms. The van der Waals surface area contributed by atoms with Crippen molar-refractivity contribution in [2.24, 2.45) is 5.41 Å². The number of aromatic nitrogens is 2. The highest BCUT2D eigenvalue weighted by Crippen LogP contribution is 2.33. The fraction of sp³-hybridized carbons (Fsp3) is 0.727. The minimum Gasteiger partial charge on any atom is -0.282 e. The Hall–Kier alpha value is -0.790. The molecule has 13 heavy (non-hydrogen) atoms. The molecule has 0 spiro atoms. The van der Waals surface area contributed by atoms with Crippen LogP contribution >= 0.6 is 0 Å². The van der Waals surface area contributed by atoms with Gasteiger partial charge < -0.3 is 0 Å². The second kappa shape index (κ2) is 2.86. The minimum absolute atomic E-state index is 0.500. The fourth-order valence-electron chi connectivity index (χ4n) is 2.09. The van der Waals surface area contributed by atoms with Gasteiger partial charge in [0, 0.05) is 5.69 Å².